The summed E-state index contributed by atoms with van der Waals surface area (Å²) in [5, 5.41) is 0. The van der Waals surface area contributed by atoms with Gasteiger partial charge in [0.15, 0.2) is 0 Å². The van der Waals surface area contributed by atoms with E-state index in [1.54, 1.807) is 0 Å². The van der Waals surface area contributed by atoms with Gasteiger partial charge in [-0.3, -0.25) is 0 Å². The molecule has 0 aromatic carbocycles. The van der Waals surface area contributed by atoms with Crippen molar-refractivity contribution in [3.63, 3.8) is 0 Å². The van der Waals surface area contributed by atoms with Crippen molar-refractivity contribution in [2.75, 3.05) is 23.9 Å². The first kappa shape index (κ1) is 13.8. The van der Waals surface area contributed by atoms with Crippen LogP contribution in [0.3, 0.4) is 0 Å². The van der Waals surface area contributed by atoms with Gasteiger partial charge in [0, 0.05) is 26.2 Å². The van der Waals surface area contributed by atoms with Crippen LogP contribution in [-0.4, -0.2) is 31.2 Å². The lowest BCUT2D eigenvalue weighted by atomic mass is 10.2. The first-order valence-corrected chi connectivity index (χ1v) is 6.27. The van der Waals surface area contributed by atoms with Crippen LogP contribution in [0.5, 0.6) is 0 Å². The zero-order chi connectivity index (χ0) is 13.2. The zero-order valence-corrected chi connectivity index (χ0v) is 12.2. The van der Waals surface area contributed by atoms with Gasteiger partial charge < -0.3 is 9.80 Å². The van der Waals surface area contributed by atoms with Gasteiger partial charge in [-0.2, -0.15) is 0 Å². The predicted molar refractivity (Wildman–Crippen MR) is 76.1 cm³/mol. The maximum atomic E-state index is 4.59. The molecule has 0 aliphatic rings. The van der Waals surface area contributed by atoms with E-state index in [0.717, 1.165) is 5.82 Å². The zero-order valence-electron chi connectivity index (χ0n) is 12.2. The highest BCUT2D eigenvalue weighted by molar-refractivity contribution is 5.55. The number of anilines is 2. The van der Waals surface area contributed by atoms with Crippen LogP contribution in [0.25, 0.3) is 0 Å². The van der Waals surface area contributed by atoms with Crippen molar-refractivity contribution < 1.29 is 0 Å². The minimum absolute atomic E-state index is 0.467. The molecule has 0 saturated carbocycles. The highest BCUT2D eigenvalue weighted by Gasteiger charge is 2.12. The summed E-state index contributed by atoms with van der Waals surface area (Å²) in [4.78, 5) is 9.03. The molecule has 0 N–H and O–H groups in total. The minimum atomic E-state index is 0.467. The third kappa shape index (κ3) is 3.11. The van der Waals surface area contributed by atoms with Gasteiger partial charge in [-0.05, 0) is 46.2 Å². The van der Waals surface area contributed by atoms with E-state index in [1.165, 1.54) is 11.3 Å². The fourth-order valence-corrected chi connectivity index (χ4v) is 1.66. The third-order valence-electron chi connectivity index (χ3n) is 3.33. The number of hydrogen-bond donors (Lipinski definition) is 0. The van der Waals surface area contributed by atoms with Crippen molar-refractivity contribution in [1.29, 1.82) is 0 Å². The normalized spacial score (nSPS) is 11.1. The van der Waals surface area contributed by atoms with Crippen LogP contribution >= 0.6 is 0 Å². The van der Waals surface area contributed by atoms with Gasteiger partial charge in [0.25, 0.3) is 0 Å². The Morgan fingerprint density at radius 1 is 1.00 bits per heavy atom. The van der Waals surface area contributed by atoms with Crippen molar-refractivity contribution in [2.45, 2.75) is 46.7 Å². The standard InChI is InChI=1S/C14H25N3/c1-10(2)16(6)13-8-12(5)14(15-9-13)17(7)11(3)4/h8-11H,1-7H3. The molecule has 0 atom stereocenters. The van der Waals surface area contributed by atoms with Crippen LogP contribution in [-0.2, 0) is 0 Å². The molecule has 0 saturated heterocycles. The maximum absolute atomic E-state index is 4.59. The van der Waals surface area contributed by atoms with E-state index >= 15 is 0 Å². The SMILES string of the molecule is Cc1cc(N(C)C(C)C)cnc1N(C)C(C)C. The molecular weight excluding hydrogens is 210 g/mol. The topological polar surface area (TPSA) is 19.4 Å². The monoisotopic (exact) mass is 235 g/mol. The average molecular weight is 235 g/mol. The van der Waals surface area contributed by atoms with Crippen LogP contribution in [0.2, 0.25) is 0 Å². The lowest BCUT2D eigenvalue weighted by Crippen LogP contribution is -2.28. The summed E-state index contributed by atoms with van der Waals surface area (Å²) in [7, 11) is 4.19. The second-order valence-corrected chi connectivity index (χ2v) is 5.24. The van der Waals surface area contributed by atoms with E-state index in [1.807, 2.05) is 6.20 Å². The molecule has 3 heteroatoms. The summed E-state index contributed by atoms with van der Waals surface area (Å²) in [6.45, 7) is 10.8. The first-order chi connectivity index (χ1) is 7.84. The Morgan fingerprint density at radius 3 is 1.94 bits per heavy atom. The van der Waals surface area contributed by atoms with Gasteiger partial charge in [-0.25, -0.2) is 4.98 Å². The molecule has 0 amide bonds. The number of aromatic nitrogens is 1. The van der Waals surface area contributed by atoms with Crippen LogP contribution in [0, 0.1) is 6.92 Å². The summed E-state index contributed by atoms with van der Waals surface area (Å²) >= 11 is 0. The van der Waals surface area contributed by atoms with E-state index in [2.05, 4.69) is 69.6 Å². The minimum Gasteiger partial charge on any atom is -0.371 e. The summed E-state index contributed by atoms with van der Waals surface area (Å²) in [5.41, 5.74) is 2.41. The predicted octanol–water partition coefficient (Wildman–Crippen LogP) is 3.08. The molecule has 1 heterocycles. The van der Waals surface area contributed by atoms with Gasteiger partial charge in [0.2, 0.25) is 0 Å². The Morgan fingerprint density at radius 2 is 1.53 bits per heavy atom. The molecule has 3 nitrogen and oxygen atoms in total. The molecule has 0 bridgehead atoms. The number of nitrogens with zero attached hydrogens (tertiary/aromatic N) is 3. The molecule has 0 spiro atoms. The largest absolute Gasteiger partial charge is 0.371 e. The summed E-state index contributed by atoms with van der Waals surface area (Å²) in [5.74, 6) is 1.07. The molecule has 1 aromatic heterocycles. The molecule has 0 aliphatic heterocycles. The average Bonchev–Trinajstić information content (AvgIpc) is 2.26. The van der Waals surface area contributed by atoms with Crippen LogP contribution in [0.15, 0.2) is 12.3 Å². The summed E-state index contributed by atoms with van der Waals surface area (Å²) in [6, 6.07) is 3.17. The first-order valence-electron chi connectivity index (χ1n) is 6.27. The molecule has 0 unspecified atom stereocenters. The Bertz CT molecular complexity index is 372. The van der Waals surface area contributed by atoms with Crippen LogP contribution < -0.4 is 9.80 Å². The smallest absolute Gasteiger partial charge is 0.131 e. The number of pyridine rings is 1. The number of aryl methyl sites for hydroxylation is 1. The van der Waals surface area contributed by atoms with Gasteiger partial charge in [-0.1, -0.05) is 0 Å². The Kier molecular flexibility index (Phi) is 4.38. The van der Waals surface area contributed by atoms with Gasteiger partial charge in [-0.15, -0.1) is 0 Å². The number of hydrogen-bond acceptors (Lipinski definition) is 3. The van der Waals surface area contributed by atoms with Gasteiger partial charge >= 0.3 is 0 Å². The van der Waals surface area contributed by atoms with Crippen LogP contribution in [0.4, 0.5) is 11.5 Å². The molecular formula is C14H25N3. The molecule has 0 radical (unpaired) electrons. The number of rotatable bonds is 4. The quantitative estimate of drug-likeness (QED) is 0.799. The highest BCUT2D eigenvalue weighted by Crippen LogP contribution is 2.23. The van der Waals surface area contributed by atoms with Crippen molar-refractivity contribution >= 4 is 11.5 Å². The van der Waals surface area contributed by atoms with Gasteiger partial charge in [0.1, 0.15) is 5.82 Å². The molecule has 1 rings (SSSR count). The van der Waals surface area contributed by atoms with E-state index < -0.39 is 0 Å². The van der Waals surface area contributed by atoms with Gasteiger partial charge in [0.05, 0.1) is 11.9 Å². The Balaban J connectivity index is 3.02. The summed E-state index contributed by atoms with van der Waals surface area (Å²) in [6.07, 6.45) is 1.96. The van der Waals surface area contributed by atoms with Crippen molar-refractivity contribution in [3.8, 4) is 0 Å². The molecule has 96 valence electrons. The Labute approximate surface area is 105 Å². The second kappa shape index (κ2) is 5.39. The molecule has 0 aliphatic carbocycles. The van der Waals surface area contributed by atoms with E-state index in [0.29, 0.717) is 12.1 Å². The fraction of sp³-hybridized carbons (Fsp3) is 0.643. The van der Waals surface area contributed by atoms with Crippen LogP contribution in [0.1, 0.15) is 33.3 Å². The Hall–Kier alpha value is -1.25. The van der Waals surface area contributed by atoms with E-state index in [4.69, 9.17) is 0 Å². The highest BCUT2D eigenvalue weighted by atomic mass is 15.2. The van der Waals surface area contributed by atoms with Crippen molar-refractivity contribution in [2.24, 2.45) is 0 Å². The fourth-order valence-electron chi connectivity index (χ4n) is 1.66. The molecule has 17 heavy (non-hydrogen) atoms. The van der Waals surface area contributed by atoms with Crippen molar-refractivity contribution in [3.05, 3.63) is 17.8 Å². The molecule has 1 aromatic rings. The lowest BCUT2D eigenvalue weighted by Gasteiger charge is -2.27. The van der Waals surface area contributed by atoms with E-state index in [9.17, 15) is 0 Å². The van der Waals surface area contributed by atoms with Crippen molar-refractivity contribution in [1.82, 2.24) is 4.98 Å². The lowest BCUT2D eigenvalue weighted by molar-refractivity contribution is 0.734. The molecule has 0 fully saturated rings. The maximum Gasteiger partial charge on any atom is 0.131 e. The second-order valence-electron chi connectivity index (χ2n) is 5.24. The van der Waals surface area contributed by atoms with E-state index in [-0.39, 0.29) is 0 Å². The summed E-state index contributed by atoms with van der Waals surface area (Å²) < 4.78 is 0. The third-order valence-corrected chi connectivity index (χ3v) is 3.33.